The Morgan fingerprint density at radius 2 is 2.00 bits per heavy atom. The molecule has 1 N–H and O–H groups in total. The predicted molar refractivity (Wildman–Crippen MR) is 75.4 cm³/mol. The first-order valence-electron chi connectivity index (χ1n) is 6.38. The van der Waals surface area contributed by atoms with Crippen molar-refractivity contribution in [2.45, 2.75) is 44.5 Å². The van der Waals surface area contributed by atoms with E-state index in [1.165, 1.54) is 17.3 Å². The number of rotatable bonds is 5. The highest BCUT2D eigenvalue weighted by Gasteiger charge is 2.17. The summed E-state index contributed by atoms with van der Waals surface area (Å²) >= 11 is 1.53. The number of nitrogens with zero attached hydrogens (tertiary/aromatic N) is 3. The molecule has 2 rings (SSSR count). The van der Waals surface area contributed by atoms with Crippen LogP contribution >= 0.6 is 11.8 Å². The molecule has 0 aromatic carbocycles. The van der Waals surface area contributed by atoms with Crippen LogP contribution in [0.1, 0.15) is 29.6 Å². The van der Waals surface area contributed by atoms with Crippen molar-refractivity contribution in [3.05, 3.63) is 22.7 Å². The van der Waals surface area contributed by atoms with Crippen molar-refractivity contribution in [1.29, 1.82) is 0 Å². The minimum Gasteiger partial charge on any atom is -0.436 e. The Balaban J connectivity index is 2.28. The molecule has 0 atom stereocenters. The molecule has 0 aliphatic rings. The lowest BCUT2D eigenvalue weighted by atomic mass is 10.2. The summed E-state index contributed by atoms with van der Waals surface area (Å²) in [6, 6.07) is 0. The van der Waals surface area contributed by atoms with Crippen LogP contribution in [0, 0.1) is 20.8 Å². The maximum atomic E-state index is 5.63. The van der Waals surface area contributed by atoms with Gasteiger partial charge in [-0.05, 0) is 39.1 Å². The third-order valence-electron chi connectivity index (χ3n) is 3.03. The number of oxazole rings is 1. The maximum Gasteiger partial charge on any atom is 0.262 e. The lowest BCUT2D eigenvalue weighted by molar-refractivity contribution is 0.430. The lowest BCUT2D eigenvalue weighted by Gasteiger charge is -2.04. The van der Waals surface area contributed by atoms with Crippen LogP contribution in [0.25, 0.3) is 0 Å². The number of hydrogen-bond donors (Lipinski definition) is 1. The van der Waals surface area contributed by atoms with E-state index in [0.717, 1.165) is 35.3 Å². The zero-order valence-electron chi connectivity index (χ0n) is 12.1. The van der Waals surface area contributed by atoms with Gasteiger partial charge in [-0.1, -0.05) is 6.92 Å². The van der Waals surface area contributed by atoms with Gasteiger partial charge in [-0.2, -0.15) is 5.10 Å². The Morgan fingerprint density at radius 1 is 1.26 bits per heavy atom. The Kier molecular flexibility index (Phi) is 4.31. The highest BCUT2D eigenvalue weighted by Crippen LogP contribution is 2.32. The standard InChI is InChI=1S/C13H20N4OS/c1-6-14-7-11-9(3)16-17(5)12(11)19-13-15-8(2)10(4)18-13/h14H,6-7H2,1-5H3. The quantitative estimate of drug-likeness (QED) is 0.912. The van der Waals surface area contributed by atoms with Gasteiger partial charge in [0.2, 0.25) is 0 Å². The highest BCUT2D eigenvalue weighted by molar-refractivity contribution is 7.99. The molecule has 0 aliphatic carbocycles. The second-order valence-electron chi connectivity index (χ2n) is 4.50. The molecule has 19 heavy (non-hydrogen) atoms. The third kappa shape index (κ3) is 3.01. The molecule has 0 aliphatic heterocycles. The average Bonchev–Trinajstić information content (AvgIpc) is 2.79. The van der Waals surface area contributed by atoms with E-state index in [1.807, 2.05) is 32.5 Å². The molecule has 5 nitrogen and oxygen atoms in total. The zero-order chi connectivity index (χ0) is 14.0. The Morgan fingerprint density at radius 3 is 2.58 bits per heavy atom. The van der Waals surface area contributed by atoms with Crippen molar-refractivity contribution >= 4 is 11.8 Å². The molecule has 104 valence electrons. The van der Waals surface area contributed by atoms with E-state index < -0.39 is 0 Å². The van der Waals surface area contributed by atoms with Crippen LogP contribution in [0.2, 0.25) is 0 Å². The van der Waals surface area contributed by atoms with E-state index in [9.17, 15) is 0 Å². The molecule has 0 bridgehead atoms. The van der Waals surface area contributed by atoms with E-state index in [0.29, 0.717) is 5.22 Å². The fourth-order valence-electron chi connectivity index (χ4n) is 1.83. The van der Waals surface area contributed by atoms with Crippen LogP contribution in [0.3, 0.4) is 0 Å². The molecular formula is C13H20N4OS. The summed E-state index contributed by atoms with van der Waals surface area (Å²) in [4.78, 5) is 4.41. The van der Waals surface area contributed by atoms with Crippen LogP contribution in [0.15, 0.2) is 14.7 Å². The highest BCUT2D eigenvalue weighted by atomic mass is 32.2. The smallest absolute Gasteiger partial charge is 0.262 e. The third-order valence-corrected chi connectivity index (χ3v) is 4.09. The van der Waals surface area contributed by atoms with Crippen molar-refractivity contribution in [2.24, 2.45) is 7.05 Å². The van der Waals surface area contributed by atoms with Crippen LogP contribution in [0.4, 0.5) is 0 Å². The molecule has 6 heteroatoms. The zero-order valence-corrected chi connectivity index (χ0v) is 12.9. The molecule has 0 amide bonds. The fraction of sp³-hybridized carbons (Fsp3) is 0.538. The first-order chi connectivity index (χ1) is 9.02. The second kappa shape index (κ2) is 5.79. The molecule has 0 fully saturated rings. The number of hydrogen-bond acceptors (Lipinski definition) is 5. The molecule has 0 radical (unpaired) electrons. The molecular weight excluding hydrogens is 260 g/mol. The molecule has 2 aromatic rings. The van der Waals surface area contributed by atoms with Gasteiger partial charge in [0.1, 0.15) is 10.8 Å². The monoisotopic (exact) mass is 280 g/mol. The van der Waals surface area contributed by atoms with Crippen molar-refractivity contribution in [1.82, 2.24) is 20.1 Å². The van der Waals surface area contributed by atoms with Crippen LogP contribution in [-0.2, 0) is 13.6 Å². The topological polar surface area (TPSA) is 55.9 Å². The molecule has 0 saturated carbocycles. The van der Waals surface area contributed by atoms with Gasteiger partial charge in [0, 0.05) is 19.2 Å². The largest absolute Gasteiger partial charge is 0.436 e. The van der Waals surface area contributed by atoms with Crippen molar-refractivity contribution in [3.63, 3.8) is 0 Å². The number of aromatic nitrogens is 3. The Hall–Kier alpha value is -1.27. The summed E-state index contributed by atoms with van der Waals surface area (Å²) in [5.74, 6) is 0.870. The SMILES string of the molecule is CCNCc1c(C)nn(C)c1Sc1nc(C)c(C)o1. The van der Waals surface area contributed by atoms with Crippen LogP contribution < -0.4 is 5.32 Å². The van der Waals surface area contributed by atoms with E-state index in [2.05, 4.69) is 22.3 Å². The van der Waals surface area contributed by atoms with Gasteiger partial charge in [-0.15, -0.1) is 0 Å². The molecule has 0 unspecified atom stereocenters. The van der Waals surface area contributed by atoms with Crippen molar-refractivity contribution < 1.29 is 4.42 Å². The minimum absolute atomic E-state index is 0.677. The van der Waals surface area contributed by atoms with E-state index >= 15 is 0 Å². The van der Waals surface area contributed by atoms with Gasteiger partial charge in [-0.3, -0.25) is 4.68 Å². The van der Waals surface area contributed by atoms with Crippen molar-refractivity contribution in [3.8, 4) is 0 Å². The number of aryl methyl sites for hydroxylation is 4. The van der Waals surface area contributed by atoms with Gasteiger partial charge < -0.3 is 9.73 Å². The maximum absolute atomic E-state index is 5.63. The van der Waals surface area contributed by atoms with E-state index in [4.69, 9.17) is 4.42 Å². The van der Waals surface area contributed by atoms with Gasteiger partial charge in [0.05, 0.1) is 11.4 Å². The molecule has 2 aromatic heterocycles. The van der Waals surface area contributed by atoms with Gasteiger partial charge >= 0.3 is 0 Å². The van der Waals surface area contributed by atoms with E-state index in [1.54, 1.807) is 0 Å². The Bertz CT molecular complexity index is 554. The Labute approximate surface area is 117 Å². The van der Waals surface area contributed by atoms with E-state index in [-0.39, 0.29) is 0 Å². The van der Waals surface area contributed by atoms with Crippen LogP contribution in [-0.4, -0.2) is 21.3 Å². The van der Waals surface area contributed by atoms with Gasteiger partial charge in [0.25, 0.3) is 5.22 Å². The lowest BCUT2D eigenvalue weighted by Crippen LogP contribution is -2.12. The molecule has 0 spiro atoms. The normalized spacial score (nSPS) is 11.2. The average molecular weight is 280 g/mol. The molecule has 2 heterocycles. The number of nitrogens with one attached hydrogen (secondary N) is 1. The summed E-state index contributed by atoms with van der Waals surface area (Å²) in [5, 5.41) is 9.58. The van der Waals surface area contributed by atoms with Crippen molar-refractivity contribution in [2.75, 3.05) is 6.54 Å². The summed E-state index contributed by atoms with van der Waals surface area (Å²) in [7, 11) is 1.95. The fourth-order valence-corrected chi connectivity index (χ4v) is 2.86. The summed E-state index contributed by atoms with van der Waals surface area (Å²) in [5.41, 5.74) is 3.20. The van der Waals surface area contributed by atoms with Gasteiger partial charge in [-0.25, -0.2) is 4.98 Å². The van der Waals surface area contributed by atoms with Crippen LogP contribution in [0.5, 0.6) is 0 Å². The minimum atomic E-state index is 0.677. The summed E-state index contributed by atoms with van der Waals surface area (Å²) in [6.07, 6.45) is 0. The molecule has 0 saturated heterocycles. The summed E-state index contributed by atoms with van der Waals surface area (Å²) < 4.78 is 7.52. The second-order valence-corrected chi connectivity index (χ2v) is 5.44. The first kappa shape index (κ1) is 14.1. The predicted octanol–water partition coefficient (Wildman–Crippen LogP) is 2.59. The summed E-state index contributed by atoms with van der Waals surface area (Å²) in [6.45, 7) is 9.77. The first-order valence-corrected chi connectivity index (χ1v) is 7.19. The van der Waals surface area contributed by atoms with Gasteiger partial charge in [0.15, 0.2) is 0 Å².